The lowest BCUT2D eigenvalue weighted by Crippen LogP contribution is -2.19. The SMILES string of the molecule is CCCCCCCCCc1cc(=O)c2c(o1)C(O)CCC2. The zero-order chi connectivity index (χ0) is 15.1. The molecule has 0 aromatic carbocycles. The normalized spacial score (nSPS) is 17.7. The maximum atomic E-state index is 12.1. The Morgan fingerprint density at radius 3 is 2.67 bits per heavy atom. The van der Waals surface area contributed by atoms with E-state index < -0.39 is 6.10 Å². The van der Waals surface area contributed by atoms with Crippen LogP contribution in [-0.4, -0.2) is 5.11 Å². The number of hydrogen-bond acceptors (Lipinski definition) is 3. The molecule has 1 heterocycles. The molecule has 1 aromatic rings. The standard InChI is InChI=1S/C18H28O3/c1-2-3-4-5-6-7-8-10-14-13-17(20)15-11-9-12-16(19)18(15)21-14/h13,16,19H,2-12H2,1H3. The number of aliphatic hydroxyl groups excluding tert-OH is 1. The quantitative estimate of drug-likeness (QED) is 0.727. The molecule has 0 bridgehead atoms. The number of rotatable bonds is 8. The number of hydrogen-bond donors (Lipinski definition) is 1. The van der Waals surface area contributed by atoms with E-state index in [1.807, 2.05) is 0 Å². The average molecular weight is 292 g/mol. The van der Waals surface area contributed by atoms with E-state index in [1.54, 1.807) is 6.07 Å². The zero-order valence-corrected chi connectivity index (χ0v) is 13.2. The van der Waals surface area contributed by atoms with Gasteiger partial charge in [-0.2, -0.15) is 0 Å². The molecule has 1 aliphatic carbocycles. The van der Waals surface area contributed by atoms with E-state index in [2.05, 4.69) is 6.92 Å². The van der Waals surface area contributed by atoms with Crippen molar-refractivity contribution < 1.29 is 9.52 Å². The van der Waals surface area contributed by atoms with Crippen LogP contribution in [0, 0.1) is 0 Å². The molecule has 1 aromatic heterocycles. The summed E-state index contributed by atoms with van der Waals surface area (Å²) in [5.74, 6) is 1.28. The number of unbranched alkanes of at least 4 members (excludes halogenated alkanes) is 6. The molecule has 0 saturated heterocycles. The third-order valence-corrected chi connectivity index (χ3v) is 4.36. The molecule has 0 saturated carbocycles. The second kappa shape index (κ2) is 8.38. The molecule has 0 aliphatic heterocycles. The Bertz CT molecular complexity index is 490. The fraction of sp³-hybridized carbons (Fsp3) is 0.722. The molecule has 1 aliphatic rings. The van der Waals surface area contributed by atoms with Crippen molar-refractivity contribution in [3.63, 3.8) is 0 Å². The second-order valence-electron chi connectivity index (χ2n) is 6.20. The maximum absolute atomic E-state index is 12.1. The molecule has 2 rings (SSSR count). The summed E-state index contributed by atoms with van der Waals surface area (Å²) < 4.78 is 5.79. The Morgan fingerprint density at radius 1 is 1.19 bits per heavy atom. The Balaban J connectivity index is 1.83. The van der Waals surface area contributed by atoms with Gasteiger partial charge in [0.2, 0.25) is 0 Å². The van der Waals surface area contributed by atoms with Gasteiger partial charge in [0.05, 0.1) is 0 Å². The van der Waals surface area contributed by atoms with Gasteiger partial charge >= 0.3 is 0 Å². The third kappa shape index (κ3) is 4.70. The first-order chi connectivity index (χ1) is 10.2. The minimum absolute atomic E-state index is 0.0490. The van der Waals surface area contributed by atoms with Crippen molar-refractivity contribution in [3.8, 4) is 0 Å². The van der Waals surface area contributed by atoms with Gasteiger partial charge in [-0.05, 0) is 25.7 Å². The van der Waals surface area contributed by atoms with Crippen molar-refractivity contribution in [3.05, 3.63) is 33.4 Å². The van der Waals surface area contributed by atoms with Crippen LogP contribution in [0.2, 0.25) is 0 Å². The van der Waals surface area contributed by atoms with E-state index in [4.69, 9.17) is 4.42 Å². The van der Waals surface area contributed by atoms with Gasteiger partial charge in [0.1, 0.15) is 17.6 Å². The van der Waals surface area contributed by atoms with Crippen LogP contribution in [-0.2, 0) is 12.8 Å². The van der Waals surface area contributed by atoms with E-state index in [-0.39, 0.29) is 5.43 Å². The molecule has 1 N–H and O–H groups in total. The van der Waals surface area contributed by atoms with Gasteiger partial charge in [-0.15, -0.1) is 0 Å². The van der Waals surface area contributed by atoms with Crippen LogP contribution in [0.5, 0.6) is 0 Å². The topological polar surface area (TPSA) is 50.4 Å². The highest BCUT2D eigenvalue weighted by atomic mass is 16.4. The van der Waals surface area contributed by atoms with Crippen LogP contribution in [0.4, 0.5) is 0 Å². The van der Waals surface area contributed by atoms with Crippen molar-refractivity contribution >= 4 is 0 Å². The molecular weight excluding hydrogens is 264 g/mol. The third-order valence-electron chi connectivity index (χ3n) is 4.36. The molecule has 1 unspecified atom stereocenters. The highest BCUT2D eigenvalue weighted by Gasteiger charge is 2.23. The van der Waals surface area contributed by atoms with Crippen LogP contribution in [0.25, 0.3) is 0 Å². The maximum Gasteiger partial charge on any atom is 0.188 e. The van der Waals surface area contributed by atoms with E-state index in [1.165, 1.54) is 38.5 Å². The zero-order valence-electron chi connectivity index (χ0n) is 13.2. The molecule has 0 amide bonds. The lowest BCUT2D eigenvalue weighted by molar-refractivity contribution is 0.122. The van der Waals surface area contributed by atoms with E-state index in [0.29, 0.717) is 17.7 Å². The first-order valence-corrected chi connectivity index (χ1v) is 8.56. The number of fused-ring (bicyclic) bond motifs is 1. The largest absolute Gasteiger partial charge is 0.463 e. The van der Waals surface area contributed by atoms with Gasteiger partial charge in [0, 0.05) is 18.1 Å². The van der Waals surface area contributed by atoms with Crippen LogP contribution in [0.3, 0.4) is 0 Å². The lowest BCUT2D eigenvalue weighted by Gasteiger charge is -2.19. The average Bonchev–Trinajstić information content (AvgIpc) is 2.47. The molecule has 3 heteroatoms. The van der Waals surface area contributed by atoms with Gasteiger partial charge in [-0.3, -0.25) is 4.79 Å². The summed E-state index contributed by atoms with van der Waals surface area (Å²) in [7, 11) is 0. The Kier molecular flexibility index (Phi) is 6.50. The summed E-state index contributed by atoms with van der Waals surface area (Å²) in [5, 5.41) is 9.97. The summed E-state index contributed by atoms with van der Waals surface area (Å²) in [6.07, 6.45) is 11.3. The van der Waals surface area contributed by atoms with Crippen molar-refractivity contribution in [2.24, 2.45) is 0 Å². The summed E-state index contributed by atoms with van der Waals surface area (Å²) in [4.78, 5) is 12.1. The molecule has 1 atom stereocenters. The fourth-order valence-corrected chi connectivity index (χ4v) is 3.09. The fourth-order valence-electron chi connectivity index (χ4n) is 3.09. The molecule has 0 fully saturated rings. The number of aryl methyl sites for hydroxylation is 1. The Hall–Kier alpha value is -1.09. The van der Waals surface area contributed by atoms with Crippen LogP contribution < -0.4 is 5.43 Å². The van der Waals surface area contributed by atoms with Crippen LogP contribution in [0.1, 0.15) is 87.9 Å². The predicted molar refractivity (Wildman–Crippen MR) is 84.6 cm³/mol. The van der Waals surface area contributed by atoms with Crippen LogP contribution >= 0.6 is 0 Å². The van der Waals surface area contributed by atoms with Crippen molar-refractivity contribution in [2.45, 2.75) is 83.7 Å². The molecular formula is C18H28O3. The second-order valence-corrected chi connectivity index (χ2v) is 6.20. The Morgan fingerprint density at radius 2 is 1.90 bits per heavy atom. The van der Waals surface area contributed by atoms with E-state index in [0.717, 1.165) is 31.4 Å². The van der Waals surface area contributed by atoms with Gasteiger partial charge in [0.25, 0.3) is 0 Å². The molecule has 3 nitrogen and oxygen atoms in total. The minimum Gasteiger partial charge on any atom is -0.463 e. The van der Waals surface area contributed by atoms with Gasteiger partial charge in [-0.25, -0.2) is 0 Å². The molecule has 0 spiro atoms. The van der Waals surface area contributed by atoms with Gasteiger partial charge in [0.15, 0.2) is 5.43 Å². The molecule has 0 radical (unpaired) electrons. The molecule has 118 valence electrons. The van der Waals surface area contributed by atoms with Gasteiger partial charge < -0.3 is 9.52 Å². The van der Waals surface area contributed by atoms with Crippen molar-refractivity contribution in [1.82, 2.24) is 0 Å². The lowest BCUT2D eigenvalue weighted by atomic mass is 9.94. The first kappa shape index (κ1) is 16.3. The van der Waals surface area contributed by atoms with Crippen LogP contribution in [0.15, 0.2) is 15.3 Å². The van der Waals surface area contributed by atoms with Crippen molar-refractivity contribution in [2.75, 3.05) is 0 Å². The summed E-state index contributed by atoms with van der Waals surface area (Å²) >= 11 is 0. The Labute approximate surface area is 127 Å². The monoisotopic (exact) mass is 292 g/mol. The summed E-state index contributed by atoms with van der Waals surface area (Å²) in [6, 6.07) is 1.63. The van der Waals surface area contributed by atoms with Gasteiger partial charge in [-0.1, -0.05) is 45.4 Å². The van der Waals surface area contributed by atoms with Crippen molar-refractivity contribution in [1.29, 1.82) is 0 Å². The first-order valence-electron chi connectivity index (χ1n) is 8.56. The molecule has 21 heavy (non-hydrogen) atoms. The minimum atomic E-state index is -0.588. The predicted octanol–water partition coefficient (Wildman–Crippen LogP) is 4.30. The highest BCUT2D eigenvalue weighted by Crippen LogP contribution is 2.28. The highest BCUT2D eigenvalue weighted by molar-refractivity contribution is 5.24. The summed E-state index contributed by atoms with van der Waals surface area (Å²) in [5.41, 5.74) is 0.741. The van der Waals surface area contributed by atoms with E-state index >= 15 is 0 Å². The number of aliphatic hydroxyl groups is 1. The summed E-state index contributed by atoms with van der Waals surface area (Å²) in [6.45, 7) is 2.23. The smallest absolute Gasteiger partial charge is 0.188 e. The van der Waals surface area contributed by atoms with E-state index in [9.17, 15) is 9.90 Å².